The Balaban J connectivity index is 2.72. The van der Waals surface area contributed by atoms with Gasteiger partial charge in [0, 0.05) is 33.3 Å². The Morgan fingerprint density at radius 2 is 1.71 bits per heavy atom. The van der Waals surface area contributed by atoms with E-state index in [4.69, 9.17) is 4.74 Å². The molecule has 120 valence electrons. The standard InChI is InChI=1S/C15H26N2O3S/c1-5-17(11-10-16(3)12-13-20-4)21(18,19)15-8-6-14(2)7-9-15/h6-9H,5,10-13H2,1-4H3. The third-order valence-electron chi connectivity index (χ3n) is 3.42. The van der Waals surface area contributed by atoms with Crippen LogP contribution in [0.4, 0.5) is 0 Å². The number of likely N-dealkylation sites (N-methyl/N-ethyl adjacent to an activating group) is 2. The number of methoxy groups -OCH3 is 1. The van der Waals surface area contributed by atoms with E-state index >= 15 is 0 Å². The van der Waals surface area contributed by atoms with E-state index in [0.717, 1.165) is 12.1 Å². The van der Waals surface area contributed by atoms with Crippen LogP contribution in [0.15, 0.2) is 29.2 Å². The summed E-state index contributed by atoms with van der Waals surface area (Å²) in [5.41, 5.74) is 1.05. The van der Waals surface area contributed by atoms with E-state index in [-0.39, 0.29) is 0 Å². The van der Waals surface area contributed by atoms with Gasteiger partial charge in [0.05, 0.1) is 11.5 Å². The largest absolute Gasteiger partial charge is 0.383 e. The van der Waals surface area contributed by atoms with Crippen LogP contribution in [0.25, 0.3) is 0 Å². The highest BCUT2D eigenvalue weighted by Gasteiger charge is 2.22. The molecule has 1 aromatic carbocycles. The van der Waals surface area contributed by atoms with E-state index in [1.807, 2.05) is 33.0 Å². The predicted molar refractivity (Wildman–Crippen MR) is 85.0 cm³/mol. The molecule has 0 atom stereocenters. The van der Waals surface area contributed by atoms with Crippen LogP contribution in [0.2, 0.25) is 0 Å². The number of ether oxygens (including phenoxy) is 1. The zero-order valence-corrected chi connectivity index (χ0v) is 14.2. The van der Waals surface area contributed by atoms with E-state index < -0.39 is 10.0 Å². The first kappa shape index (κ1) is 18.1. The van der Waals surface area contributed by atoms with E-state index in [1.165, 1.54) is 4.31 Å². The first-order valence-corrected chi connectivity index (χ1v) is 8.60. The fourth-order valence-electron chi connectivity index (χ4n) is 1.95. The molecule has 1 aromatic rings. The lowest BCUT2D eigenvalue weighted by molar-refractivity contribution is 0.158. The van der Waals surface area contributed by atoms with Crippen molar-refractivity contribution in [2.24, 2.45) is 0 Å². The first-order valence-electron chi connectivity index (χ1n) is 7.16. The highest BCUT2D eigenvalue weighted by atomic mass is 32.2. The zero-order chi connectivity index (χ0) is 15.9. The van der Waals surface area contributed by atoms with Gasteiger partial charge < -0.3 is 9.64 Å². The van der Waals surface area contributed by atoms with Gasteiger partial charge in [0.25, 0.3) is 0 Å². The normalized spacial score (nSPS) is 12.3. The second-order valence-electron chi connectivity index (χ2n) is 5.11. The molecule has 1 rings (SSSR count). The molecule has 0 unspecified atom stereocenters. The van der Waals surface area contributed by atoms with Crippen LogP contribution in [0.5, 0.6) is 0 Å². The average molecular weight is 314 g/mol. The minimum atomic E-state index is -3.41. The van der Waals surface area contributed by atoms with E-state index in [2.05, 4.69) is 4.90 Å². The van der Waals surface area contributed by atoms with Crippen LogP contribution < -0.4 is 0 Å². The molecule has 0 radical (unpaired) electrons. The maximum Gasteiger partial charge on any atom is 0.243 e. The summed E-state index contributed by atoms with van der Waals surface area (Å²) in [6.07, 6.45) is 0. The summed E-state index contributed by atoms with van der Waals surface area (Å²) in [6.45, 7) is 6.87. The molecule has 0 bridgehead atoms. The van der Waals surface area contributed by atoms with Crippen LogP contribution in [0.1, 0.15) is 12.5 Å². The molecule has 0 saturated carbocycles. The Morgan fingerprint density at radius 3 is 2.24 bits per heavy atom. The van der Waals surface area contributed by atoms with Crippen LogP contribution in [0.3, 0.4) is 0 Å². The molecule has 0 aliphatic carbocycles. The molecule has 5 nitrogen and oxygen atoms in total. The third kappa shape index (κ3) is 5.39. The molecule has 0 heterocycles. The Hall–Kier alpha value is -0.950. The summed E-state index contributed by atoms with van der Waals surface area (Å²) in [6, 6.07) is 6.99. The van der Waals surface area contributed by atoms with Gasteiger partial charge >= 0.3 is 0 Å². The molecule has 0 aliphatic heterocycles. The summed E-state index contributed by atoms with van der Waals surface area (Å²) < 4.78 is 31.7. The first-order chi connectivity index (χ1) is 9.91. The second kappa shape index (κ2) is 8.48. The molecule has 0 N–H and O–H groups in total. The number of benzene rings is 1. The van der Waals surface area contributed by atoms with Crippen molar-refractivity contribution in [2.45, 2.75) is 18.7 Å². The molecule has 0 saturated heterocycles. The molecular formula is C15H26N2O3S. The Morgan fingerprint density at radius 1 is 1.10 bits per heavy atom. The molecule has 0 fully saturated rings. The van der Waals surface area contributed by atoms with Crippen molar-refractivity contribution in [3.05, 3.63) is 29.8 Å². The molecule has 0 amide bonds. The number of aryl methyl sites for hydroxylation is 1. The van der Waals surface area contributed by atoms with Crippen molar-refractivity contribution < 1.29 is 13.2 Å². The van der Waals surface area contributed by atoms with Gasteiger partial charge in [0.15, 0.2) is 0 Å². The number of hydrogen-bond donors (Lipinski definition) is 0. The summed E-state index contributed by atoms with van der Waals surface area (Å²) in [7, 11) is 0.216. The molecule has 0 spiro atoms. The quantitative estimate of drug-likeness (QED) is 0.694. The van der Waals surface area contributed by atoms with E-state index in [9.17, 15) is 8.42 Å². The third-order valence-corrected chi connectivity index (χ3v) is 5.41. The Labute approximate surface area is 128 Å². The molecule has 21 heavy (non-hydrogen) atoms. The average Bonchev–Trinajstić information content (AvgIpc) is 2.46. The van der Waals surface area contributed by atoms with Crippen molar-refractivity contribution in [2.75, 3.05) is 46.9 Å². The van der Waals surface area contributed by atoms with Gasteiger partial charge in [-0.05, 0) is 26.1 Å². The number of sulfonamides is 1. The number of hydrogen-bond acceptors (Lipinski definition) is 4. The minimum Gasteiger partial charge on any atom is -0.383 e. The Bertz CT molecular complexity index is 514. The lowest BCUT2D eigenvalue weighted by Gasteiger charge is -2.24. The van der Waals surface area contributed by atoms with Gasteiger partial charge in [-0.3, -0.25) is 0 Å². The highest BCUT2D eigenvalue weighted by Crippen LogP contribution is 2.16. The minimum absolute atomic E-state index is 0.356. The second-order valence-corrected chi connectivity index (χ2v) is 7.04. The van der Waals surface area contributed by atoms with Gasteiger partial charge in [-0.2, -0.15) is 4.31 Å². The predicted octanol–water partition coefficient (Wildman–Crippen LogP) is 1.58. The van der Waals surface area contributed by atoms with Crippen molar-refractivity contribution >= 4 is 10.0 Å². The van der Waals surface area contributed by atoms with Crippen LogP contribution in [-0.4, -0.2) is 64.6 Å². The molecule has 0 aromatic heterocycles. The van der Waals surface area contributed by atoms with E-state index in [0.29, 0.717) is 31.1 Å². The van der Waals surface area contributed by atoms with Crippen molar-refractivity contribution in [3.8, 4) is 0 Å². The zero-order valence-electron chi connectivity index (χ0n) is 13.4. The van der Waals surface area contributed by atoms with Gasteiger partial charge in [0.1, 0.15) is 0 Å². The van der Waals surface area contributed by atoms with E-state index in [1.54, 1.807) is 19.2 Å². The van der Waals surface area contributed by atoms with Crippen molar-refractivity contribution in [3.63, 3.8) is 0 Å². The lowest BCUT2D eigenvalue weighted by Crippen LogP contribution is -2.38. The monoisotopic (exact) mass is 314 g/mol. The topological polar surface area (TPSA) is 49.9 Å². The fraction of sp³-hybridized carbons (Fsp3) is 0.600. The summed E-state index contributed by atoms with van der Waals surface area (Å²) in [5.74, 6) is 0. The Kier molecular flexibility index (Phi) is 7.31. The lowest BCUT2D eigenvalue weighted by atomic mass is 10.2. The molecular weight excluding hydrogens is 288 g/mol. The van der Waals surface area contributed by atoms with Crippen LogP contribution in [-0.2, 0) is 14.8 Å². The van der Waals surface area contributed by atoms with Gasteiger partial charge in [-0.25, -0.2) is 8.42 Å². The maximum atomic E-state index is 12.6. The van der Waals surface area contributed by atoms with Crippen molar-refractivity contribution in [1.82, 2.24) is 9.21 Å². The maximum absolute atomic E-state index is 12.6. The van der Waals surface area contributed by atoms with Crippen LogP contribution >= 0.6 is 0 Å². The summed E-state index contributed by atoms with van der Waals surface area (Å²) in [4.78, 5) is 2.42. The summed E-state index contributed by atoms with van der Waals surface area (Å²) in [5, 5.41) is 0. The smallest absolute Gasteiger partial charge is 0.243 e. The SMILES string of the molecule is CCN(CCN(C)CCOC)S(=O)(=O)c1ccc(C)cc1. The number of rotatable bonds is 9. The number of nitrogens with zero attached hydrogens (tertiary/aromatic N) is 2. The van der Waals surface area contributed by atoms with Gasteiger partial charge in [-0.15, -0.1) is 0 Å². The summed E-state index contributed by atoms with van der Waals surface area (Å²) >= 11 is 0. The van der Waals surface area contributed by atoms with Gasteiger partial charge in [0.2, 0.25) is 10.0 Å². The molecule has 6 heteroatoms. The highest BCUT2D eigenvalue weighted by molar-refractivity contribution is 7.89. The molecule has 0 aliphatic rings. The van der Waals surface area contributed by atoms with Crippen LogP contribution in [0, 0.1) is 6.92 Å². The van der Waals surface area contributed by atoms with Gasteiger partial charge in [-0.1, -0.05) is 24.6 Å². The fourth-order valence-corrected chi connectivity index (χ4v) is 3.39. The van der Waals surface area contributed by atoms with Crippen molar-refractivity contribution in [1.29, 1.82) is 0 Å².